The fourth-order valence-corrected chi connectivity index (χ4v) is 3.65. The summed E-state index contributed by atoms with van der Waals surface area (Å²) in [6, 6.07) is 5.24. The molecule has 0 aliphatic rings. The normalized spacial score (nSPS) is 13.5. The van der Waals surface area contributed by atoms with E-state index in [-0.39, 0.29) is 0 Å². The van der Waals surface area contributed by atoms with Gasteiger partial charge < -0.3 is 0 Å². The van der Waals surface area contributed by atoms with Gasteiger partial charge in [-0.2, -0.15) is 0 Å². The Labute approximate surface area is 125 Å². The molecule has 0 spiro atoms. The monoisotopic (exact) mass is 347 g/mol. The van der Waals surface area contributed by atoms with Crippen LogP contribution in [0.4, 0.5) is 0 Å². The molecule has 0 fully saturated rings. The topological polar surface area (TPSA) is 46.2 Å². The summed E-state index contributed by atoms with van der Waals surface area (Å²) in [6.07, 6.45) is 1.95. The molecule has 0 radical (unpaired) electrons. The van der Waals surface area contributed by atoms with Crippen LogP contribution in [0, 0.1) is 19.8 Å². The molecule has 0 heterocycles. The standard InChI is InChI=1S/C14H22BrNO2S/c1-4-13(7-8-15)10-16-19(17,18)14-6-5-11(2)12(3)9-14/h5-6,9,13,16H,4,7-8,10H2,1-3H3. The number of aryl methyl sites for hydroxylation is 2. The minimum atomic E-state index is -3.39. The molecule has 3 nitrogen and oxygen atoms in total. The van der Waals surface area contributed by atoms with Crippen molar-refractivity contribution in [3.8, 4) is 0 Å². The molecule has 0 saturated heterocycles. The van der Waals surface area contributed by atoms with Crippen LogP contribution in [0.25, 0.3) is 0 Å². The van der Waals surface area contributed by atoms with Gasteiger partial charge in [0.1, 0.15) is 0 Å². The zero-order valence-electron chi connectivity index (χ0n) is 11.7. The van der Waals surface area contributed by atoms with E-state index in [1.165, 1.54) is 0 Å². The predicted molar refractivity (Wildman–Crippen MR) is 83.3 cm³/mol. The molecule has 1 rings (SSSR count). The van der Waals surface area contributed by atoms with E-state index in [1.807, 2.05) is 19.9 Å². The van der Waals surface area contributed by atoms with E-state index in [2.05, 4.69) is 27.6 Å². The van der Waals surface area contributed by atoms with Gasteiger partial charge in [0, 0.05) is 11.9 Å². The fraction of sp³-hybridized carbons (Fsp3) is 0.571. The van der Waals surface area contributed by atoms with Crippen molar-refractivity contribution in [2.45, 2.75) is 38.5 Å². The van der Waals surface area contributed by atoms with E-state index in [9.17, 15) is 8.42 Å². The summed E-state index contributed by atoms with van der Waals surface area (Å²) in [7, 11) is -3.39. The van der Waals surface area contributed by atoms with E-state index in [0.717, 1.165) is 29.3 Å². The Bertz CT molecular complexity index is 514. The summed E-state index contributed by atoms with van der Waals surface area (Å²) in [5.41, 5.74) is 2.10. The lowest BCUT2D eigenvalue weighted by atomic mass is 10.0. The first-order valence-electron chi connectivity index (χ1n) is 6.53. The average molecular weight is 348 g/mol. The molecule has 1 aromatic carbocycles. The number of nitrogens with one attached hydrogen (secondary N) is 1. The molecule has 0 bridgehead atoms. The van der Waals surface area contributed by atoms with Gasteiger partial charge in [0.2, 0.25) is 10.0 Å². The Balaban J connectivity index is 2.78. The third-order valence-electron chi connectivity index (χ3n) is 3.45. The van der Waals surface area contributed by atoms with Gasteiger partial charge in [-0.1, -0.05) is 35.3 Å². The Morgan fingerprint density at radius 3 is 2.47 bits per heavy atom. The van der Waals surface area contributed by atoms with Crippen LogP contribution in [0.5, 0.6) is 0 Å². The second-order valence-electron chi connectivity index (χ2n) is 4.85. The summed E-state index contributed by atoms with van der Waals surface area (Å²) in [5.74, 6) is 0.376. The molecule has 0 aliphatic carbocycles. The summed E-state index contributed by atoms with van der Waals surface area (Å²) in [6.45, 7) is 6.48. The Kier molecular flexibility index (Phi) is 6.50. The fourth-order valence-electron chi connectivity index (χ4n) is 1.80. The lowest BCUT2D eigenvalue weighted by molar-refractivity contribution is 0.483. The third-order valence-corrected chi connectivity index (χ3v) is 5.32. The van der Waals surface area contributed by atoms with Crippen molar-refractivity contribution in [2.24, 2.45) is 5.92 Å². The molecule has 1 atom stereocenters. The highest BCUT2D eigenvalue weighted by molar-refractivity contribution is 9.09. The van der Waals surface area contributed by atoms with Crippen molar-refractivity contribution in [1.82, 2.24) is 4.72 Å². The molecule has 5 heteroatoms. The van der Waals surface area contributed by atoms with Crippen molar-refractivity contribution in [3.63, 3.8) is 0 Å². The molecule has 1 aromatic rings. The summed E-state index contributed by atoms with van der Waals surface area (Å²) in [5, 5.41) is 0.900. The molecule has 1 unspecified atom stereocenters. The zero-order chi connectivity index (χ0) is 14.5. The molecule has 1 N–H and O–H groups in total. The molecular weight excluding hydrogens is 326 g/mol. The number of alkyl halides is 1. The van der Waals surface area contributed by atoms with Crippen LogP contribution in [-0.2, 0) is 10.0 Å². The van der Waals surface area contributed by atoms with Gasteiger partial charge in [-0.15, -0.1) is 0 Å². The van der Waals surface area contributed by atoms with Crippen LogP contribution in [0.2, 0.25) is 0 Å². The Morgan fingerprint density at radius 1 is 1.26 bits per heavy atom. The summed E-state index contributed by atoms with van der Waals surface area (Å²) >= 11 is 3.40. The van der Waals surface area contributed by atoms with Crippen molar-refractivity contribution >= 4 is 26.0 Å². The molecule has 0 aliphatic heterocycles. The van der Waals surface area contributed by atoms with Crippen molar-refractivity contribution in [3.05, 3.63) is 29.3 Å². The first-order valence-corrected chi connectivity index (χ1v) is 9.14. The molecule has 108 valence electrons. The summed E-state index contributed by atoms with van der Waals surface area (Å²) in [4.78, 5) is 0.351. The van der Waals surface area contributed by atoms with Crippen LogP contribution in [0.3, 0.4) is 0 Å². The highest BCUT2D eigenvalue weighted by atomic mass is 79.9. The van der Waals surface area contributed by atoms with Crippen LogP contribution in [-0.4, -0.2) is 20.3 Å². The van der Waals surface area contributed by atoms with Gasteiger partial charge in [0.05, 0.1) is 4.90 Å². The average Bonchev–Trinajstić information content (AvgIpc) is 2.37. The molecule has 19 heavy (non-hydrogen) atoms. The van der Waals surface area contributed by atoms with Crippen LogP contribution in [0.1, 0.15) is 30.9 Å². The minimum Gasteiger partial charge on any atom is -0.211 e. The van der Waals surface area contributed by atoms with Crippen molar-refractivity contribution < 1.29 is 8.42 Å². The second-order valence-corrected chi connectivity index (χ2v) is 7.41. The van der Waals surface area contributed by atoms with Crippen molar-refractivity contribution in [1.29, 1.82) is 0 Å². The highest BCUT2D eigenvalue weighted by Crippen LogP contribution is 2.16. The predicted octanol–water partition coefficient (Wildman–Crippen LogP) is 3.39. The number of hydrogen-bond donors (Lipinski definition) is 1. The highest BCUT2D eigenvalue weighted by Gasteiger charge is 2.16. The van der Waals surface area contributed by atoms with Crippen LogP contribution >= 0.6 is 15.9 Å². The second kappa shape index (κ2) is 7.41. The van der Waals surface area contributed by atoms with E-state index >= 15 is 0 Å². The number of hydrogen-bond acceptors (Lipinski definition) is 2. The van der Waals surface area contributed by atoms with E-state index in [4.69, 9.17) is 0 Å². The lowest BCUT2D eigenvalue weighted by Gasteiger charge is -2.15. The Morgan fingerprint density at radius 2 is 1.95 bits per heavy atom. The number of benzene rings is 1. The zero-order valence-corrected chi connectivity index (χ0v) is 14.1. The molecular formula is C14H22BrNO2S. The maximum atomic E-state index is 12.2. The minimum absolute atomic E-state index is 0.351. The van der Waals surface area contributed by atoms with Gasteiger partial charge in [-0.3, -0.25) is 0 Å². The first-order chi connectivity index (χ1) is 8.90. The number of halogens is 1. The van der Waals surface area contributed by atoms with Gasteiger partial charge in [0.25, 0.3) is 0 Å². The van der Waals surface area contributed by atoms with Gasteiger partial charge in [0.15, 0.2) is 0 Å². The quantitative estimate of drug-likeness (QED) is 0.768. The maximum Gasteiger partial charge on any atom is 0.240 e. The number of sulfonamides is 1. The number of rotatable bonds is 7. The lowest BCUT2D eigenvalue weighted by Crippen LogP contribution is -2.29. The molecule has 0 aromatic heterocycles. The Hall–Kier alpha value is -0.390. The molecule has 0 amide bonds. The van der Waals surface area contributed by atoms with E-state index in [1.54, 1.807) is 12.1 Å². The van der Waals surface area contributed by atoms with Crippen LogP contribution < -0.4 is 4.72 Å². The molecule has 0 saturated carbocycles. The van der Waals surface area contributed by atoms with Gasteiger partial charge in [-0.25, -0.2) is 13.1 Å². The van der Waals surface area contributed by atoms with E-state index < -0.39 is 10.0 Å². The van der Waals surface area contributed by atoms with E-state index in [0.29, 0.717) is 17.4 Å². The van der Waals surface area contributed by atoms with Gasteiger partial charge >= 0.3 is 0 Å². The maximum absolute atomic E-state index is 12.2. The third kappa shape index (κ3) is 4.89. The SMILES string of the molecule is CCC(CCBr)CNS(=O)(=O)c1ccc(C)c(C)c1. The van der Waals surface area contributed by atoms with Crippen LogP contribution in [0.15, 0.2) is 23.1 Å². The first kappa shape index (κ1) is 16.7. The van der Waals surface area contributed by atoms with Crippen molar-refractivity contribution in [2.75, 3.05) is 11.9 Å². The van der Waals surface area contributed by atoms with Gasteiger partial charge in [-0.05, 0) is 49.4 Å². The summed E-state index contributed by atoms with van der Waals surface area (Å²) < 4.78 is 27.1. The smallest absolute Gasteiger partial charge is 0.211 e. The largest absolute Gasteiger partial charge is 0.240 e.